The summed E-state index contributed by atoms with van der Waals surface area (Å²) in [7, 11) is 10.4. The summed E-state index contributed by atoms with van der Waals surface area (Å²) in [4.78, 5) is 203. The molecule has 0 radical (unpaired) electrons. The average molecular weight is 1500 g/mol. The van der Waals surface area contributed by atoms with Crippen molar-refractivity contribution in [2.24, 2.45) is 23.7 Å². The lowest BCUT2D eigenvalue weighted by molar-refractivity contribution is -0.155. The molecule has 3 heterocycles. The number of hydrogen-bond donors (Lipinski definition) is 3. The highest BCUT2D eigenvalue weighted by molar-refractivity contribution is 6.31. The quantitative estimate of drug-likeness (QED) is 0.218. The molecule has 1 saturated carbocycles. The minimum absolute atomic E-state index is 0.0535. The van der Waals surface area contributed by atoms with Gasteiger partial charge in [-0.25, -0.2) is 8.78 Å². The summed E-state index contributed by atoms with van der Waals surface area (Å²) in [6.45, 7) is 9.45. The summed E-state index contributed by atoms with van der Waals surface area (Å²) in [6, 6.07) is -8.97. The standard InChI is InChI=1S/C72H111ClF5N13O13/c1-16-45(6)61-69(103)84(10)41-59(95)82(8)42-60(96)86(12)54(37-47-23-19-17-20-24-47)67(101)83(9)40-56(92)80-51(28-26-48-25-27-49(50(73)36-48)72(76,77)78)66(100)87(13)53(38-58(94)90-33-29-71(74,75)30-34-90)63(97)79-46(7)65(99)89(15)62(44(4)5)70(104)88(14)55(68(102)91-31-21-18-22-32-91)39-57(93)85(11)52(35-43(2)3)64(98)81-61/h25,27,36,43-47,51-55,61-62H,16-24,26,28-35,37-42H2,1-15H3,(H,79,97)(H,80,92)(H,81,98)/t45-,46+,51-,52-,53-,54-,55-,61-,62+/m0/s1. The summed E-state index contributed by atoms with van der Waals surface area (Å²) in [5.74, 6) is -15.3. The van der Waals surface area contributed by atoms with Crippen LogP contribution in [0.25, 0.3) is 0 Å². The second kappa shape index (κ2) is 38.5. The van der Waals surface area contributed by atoms with E-state index in [1.807, 2.05) is 13.8 Å². The van der Waals surface area contributed by atoms with Crippen LogP contribution < -0.4 is 16.0 Å². The predicted molar refractivity (Wildman–Crippen MR) is 377 cm³/mol. The van der Waals surface area contributed by atoms with E-state index in [0.29, 0.717) is 45.2 Å². The van der Waals surface area contributed by atoms with Crippen LogP contribution in [0.2, 0.25) is 5.02 Å². The molecule has 1 aromatic carbocycles. The molecule has 1 aromatic rings. The van der Waals surface area contributed by atoms with Crippen molar-refractivity contribution < 1.29 is 84.3 Å². The molecule has 0 aromatic heterocycles. The Labute approximate surface area is 613 Å². The third kappa shape index (κ3) is 23.6. The third-order valence-electron chi connectivity index (χ3n) is 20.9. The topological polar surface area (TPSA) is 290 Å². The maximum Gasteiger partial charge on any atom is 0.417 e. The molecule has 584 valence electrons. The normalized spacial score (nSPS) is 25.8. The van der Waals surface area contributed by atoms with Gasteiger partial charge >= 0.3 is 6.18 Å². The van der Waals surface area contributed by atoms with Crippen LogP contribution in [0.5, 0.6) is 0 Å². The number of amides is 13. The zero-order valence-electron chi connectivity index (χ0n) is 63.2. The average Bonchev–Trinajstić information content (AvgIpc) is 0.805. The molecule has 3 aliphatic heterocycles. The first-order valence-electron chi connectivity index (χ1n) is 36.3. The predicted octanol–water partition coefficient (Wildman–Crippen LogP) is 5.06. The number of hydrogen-bond acceptors (Lipinski definition) is 13. The number of benzene rings is 1. The molecule has 13 amide bonds. The van der Waals surface area contributed by atoms with Gasteiger partial charge in [0.15, 0.2) is 0 Å². The van der Waals surface area contributed by atoms with E-state index in [1.54, 1.807) is 32.6 Å². The van der Waals surface area contributed by atoms with Crippen LogP contribution in [0.15, 0.2) is 18.2 Å². The minimum Gasteiger partial charge on any atom is -0.343 e. The molecule has 4 aliphatic rings. The maximum atomic E-state index is 15.3. The number of rotatable bonds is 13. The molecule has 32 heteroatoms. The van der Waals surface area contributed by atoms with Gasteiger partial charge in [-0.05, 0) is 93.2 Å². The molecule has 0 bridgehead atoms. The molecule has 9 atom stereocenters. The lowest BCUT2D eigenvalue weighted by atomic mass is 9.84. The van der Waals surface area contributed by atoms with E-state index in [4.69, 9.17) is 11.6 Å². The molecular weight excluding hydrogens is 1390 g/mol. The highest BCUT2D eigenvalue weighted by atomic mass is 35.5. The Kier molecular flexibility index (Phi) is 32.2. The molecule has 4 fully saturated rings. The lowest BCUT2D eigenvalue weighted by Crippen LogP contribution is -2.61. The molecule has 5 rings (SSSR count). The Bertz CT molecular complexity index is 3230. The lowest BCUT2D eigenvalue weighted by Gasteiger charge is -2.40. The van der Waals surface area contributed by atoms with Gasteiger partial charge in [0.2, 0.25) is 76.8 Å². The number of likely N-dealkylation sites (tertiary alicyclic amines) is 2. The first-order chi connectivity index (χ1) is 48.5. The first-order valence-corrected chi connectivity index (χ1v) is 36.6. The van der Waals surface area contributed by atoms with Crippen LogP contribution >= 0.6 is 11.6 Å². The Morgan fingerprint density at radius 3 is 1.74 bits per heavy atom. The number of halogens is 6. The van der Waals surface area contributed by atoms with Crippen molar-refractivity contribution in [1.29, 1.82) is 0 Å². The largest absolute Gasteiger partial charge is 0.417 e. The smallest absolute Gasteiger partial charge is 0.343 e. The number of aryl methyl sites for hydroxylation is 1. The van der Waals surface area contributed by atoms with E-state index in [9.17, 15) is 69.9 Å². The van der Waals surface area contributed by atoms with Crippen LogP contribution in [0, 0.1) is 23.7 Å². The van der Waals surface area contributed by atoms with Crippen LogP contribution in [-0.4, -0.2) is 282 Å². The van der Waals surface area contributed by atoms with Crippen LogP contribution in [-0.2, 0) is 74.9 Å². The third-order valence-corrected chi connectivity index (χ3v) is 21.2. The second-order valence-electron chi connectivity index (χ2n) is 29.7. The van der Waals surface area contributed by atoms with Gasteiger partial charge in [0.05, 0.1) is 43.1 Å². The van der Waals surface area contributed by atoms with Crippen molar-refractivity contribution >= 4 is 88.4 Å². The van der Waals surface area contributed by atoms with E-state index in [2.05, 4.69) is 16.0 Å². The number of carbonyl (C=O) groups excluding carboxylic acids is 13. The molecule has 26 nitrogen and oxygen atoms in total. The fourth-order valence-electron chi connectivity index (χ4n) is 14.0. The van der Waals surface area contributed by atoms with Gasteiger partial charge in [0.25, 0.3) is 5.92 Å². The number of nitrogens with zero attached hydrogens (tertiary/aromatic N) is 10. The van der Waals surface area contributed by atoms with Crippen molar-refractivity contribution in [2.45, 2.75) is 218 Å². The minimum atomic E-state index is -4.84. The van der Waals surface area contributed by atoms with Crippen LogP contribution in [0.3, 0.4) is 0 Å². The molecule has 0 spiro atoms. The Morgan fingerprint density at radius 2 is 1.17 bits per heavy atom. The van der Waals surface area contributed by atoms with Crippen molar-refractivity contribution in [1.82, 2.24) is 64.9 Å². The van der Waals surface area contributed by atoms with E-state index in [1.165, 1.54) is 66.1 Å². The highest BCUT2D eigenvalue weighted by Crippen LogP contribution is 2.36. The molecule has 3 N–H and O–H groups in total. The molecule has 104 heavy (non-hydrogen) atoms. The van der Waals surface area contributed by atoms with Crippen LogP contribution in [0.1, 0.15) is 162 Å². The summed E-state index contributed by atoms with van der Waals surface area (Å²) in [5, 5.41) is 7.32. The monoisotopic (exact) mass is 1500 g/mol. The Hall–Kier alpha value is -7.73. The van der Waals surface area contributed by atoms with Gasteiger partial charge in [-0.15, -0.1) is 0 Å². The molecular formula is C72H111ClF5N13O13. The SMILES string of the molecule is CC[C@H](C)[C@@H]1NC(=O)[C@H](CC(C)C)N(C)C(=O)C[C@@H](C(=O)N2CCCCC2)N(C)C(=O)[C@@H](C(C)C)N(C)C(=O)[C@@H](C)NC(=O)[C@H](CC(=O)N2CCC(F)(F)CC2)N(C)C(=O)[C@H](CCc2ccc(C(F)(F)F)c(Cl)c2)NC(=O)CN(C)C(=O)[C@H](CC2CCCCC2)N(C)C(=O)CN(C)C(=O)CN(C)C1=O. The summed E-state index contributed by atoms with van der Waals surface area (Å²) < 4.78 is 70.8. The van der Waals surface area contributed by atoms with Crippen molar-refractivity contribution in [3.63, 3.8) is 0 Å². The van der Waals surface area contributed by atoms with Gasteiger partial charge < -0.3 is 64.9 Å². The van der Waals surface area contributed by atoms with Gasteiger partial charge in [-0.3, -0.25) is 62.3 Å². The number of likely N-dealkylation sites (N-methyl/N-ethyl adjacent to an activating group) is 8. The fraction of sp³-hybridized carbons (Fsp3) is 0.736. The van der Waals surface area contributed by atoms with Gasteiger partial charge in [0.1, 0.15) is 48.3 Å². The summed E-state index contributed by atoms with van der Waals surface area (Å²) >= 11 is 6.12. The van der Waals surface area contributed by atoms with Crippen molar-refractivity contribution in [3.8, 4) is 0 Å². The maximum absolute atomic E-state index is 15.3. The van der Waals surface area contributed by atoms with Crippen molar-refractivity contribution in [3.05, 3.63) is 34.3 Å². The van der Waals surface area contributed by atoms with E-state index in [-0.39, 0.29) is 36.7 Å². The number of alkyl halides is 5. The van der Waals surface area contributed by atoms with E-state index in [0.717, 1.165) is 85.2 Å². The highest BCUT2D eigenvalue weighted by Gasteiger charge is 2.45. The molecule has 1 aliphatic carbocycles. The van der Waals surface area contributed by atoms with Gasteiger partial charge in [-0.2, -0.15) is 13.2 Å². The Morgan fingerprint density at radius 1 is 0.606 bits per heavy atom. The first kappa shape index (κ1) is 86.9. The zero-order chi connectivity index (χ0) is 78.2. The number of nitrogens with one attached hydrogen (secondary N) is 3. The number of carbonyl (C=O) groups is 13. The molecule has 3 saturated heterocycles. The molecule has 0 unspecified atom stereocenters. The van der Waals surface area contributed by atoms with E-state index < -0.39 is 224 Å². The Balaban J connectivity index is 1.65. The fourth-order valence-corrected chi connectivity index (χ4v) is 14.3. The van der Waals surface area contributed by atoms with Gasteiger partial charge in [-0.1, -0.05) is 97.7 Å². The van der Waals surface area contributed by atoms with Crippen molar-refractivity contribution in [2.75, 3.05) is 102 Å². The van der Waals surface area contributed by atoms with E-state index >= 15 is 14.4 Å². The second-order valence-corrected chi connectivity index (χ2v) is 30.1. The zero-order valence-corrected chi connectivity index (χ0v) is 63.9. The van der Waals surface area contributed by atoms with Crippen LogP contribution in [0.4, 0.5) is 22.0 Å². The number of piperidine rings is 2. The summed E-state index contributed by atoms with van der Waals surface area (Å²) in [6.07, 6.45) is -1.80. The summed E-state index contributed by atoms with van der Waals surface area (Å²) in [5.41, 5.74) is -0.996. The van der Waals surface area contributed by atoms with Gasteiger partial charge in [0, 0.05) is 95.4 Å².